The molecule has 0 spiro atoms. The van der Waals surface area contributed by atoms with Gasteiger partial charge in [-0.1, -0.05) is 114 Å². The molecule has 226 valence electrons. The lowest BCUT2D eigenvalue weighted by Gasteiger charge is -2.43. The van der Waals surface area contributed by atoms with Gasteiger partial charge in [-0.15, -0.1) is 0 Å². The number of rotatable bonds is 2. The summed E-state index contributed by atoms with van der Waals surface area (Å²) < 4.78 is 0. The summed E-state index contributed by atoms with van der Waals surface area (Å²) in [5.41, 5.74) is 7.60. The molecule has 0 saturated carbocycles. The van der Waals surface area contributed by atoms with Gasteiger partial charge in [-0.3, -0.25) is 0 Å². The van der Waals surface area contributed by atoms with Crippen molar-refractivity contribution in [1.82, 2.24) is 0 Å². The fourth-order valence-corrected chi connectivity index (χ4v) is 8.86. The molecule has 46 heavy (non-hydrogen) atoms. The third-order valence-corrected chi connectivity index (χ3v) is 10.7. The molecule has 6 heteroatoms. The Labute approximate surface area is 280 Å². The van der Waals surface area contributed by atoms with Gasteiger partial charge in [0.25, 0.3) is 0 Å². The van der Waals surface area contributed by atoms with Gasteiger partial charge in [0, 0.05) is 30.7 Å². The van der Waals surface area contributed by atoms with Crippen LogP contribution in [0.4, 0.5) is 34.1 Å². The van der Waals surface area contributed by atoms with Crippen LogP contribution in [-0.4, -0.2) is 0 Å². The highest BCUT2D eigenvalue weighted by Crippen LogP contribution is 2.60. The van der Waals surface area contributed by atoms with Crippen molar-refractivity contribution < 1.29 is 0 Å². The summed E-state index contributed by atoms with van der Waals surface area (Å²) in [4.78, 5) is 8.94. The minimum Gasteiger partial charge on any atom is -0.308 e. The molecule has 4 nitrogen and oxygen atoms in total. The molecule has 2 aliphatic rings. The normalized spacial score (nSPS) is 13.6. The van der Waals surface area contributed by atoms with Crippen molar-refractivity contribution >= 4 is 57.6 Å². The van der Waals surface area contributed by atoms with Crippen molar-refractivity contribution in [3.8, 4) is 12.1 Å². The Morgan fingerprint density at radius 1 is 0.457 bits per heavy atom. The van der Waals surface area contributed by atoms with Gasteiger partial charge in [-0.25, -0.2) is 0 Å². The predicted molar refractivity (Wildman–Crippen MR) is 191 cm³/mol. The number of nitrogens with zero attached hydrogens (tertiary/aromatic N) is 4. The van der Waals surface area contributed by atoms with Gasteiger partial charge >= 0.3 is 0 Å². The Kier molecular flexibility index (Phi) is 7.20. The summed E-state index contributed by atoms with van der Waals surface area (Å²) in [7, 11) is 0. The second-order valence-corrected chi connectivity index (χ2v) is 15.8. The van der Waals surface area contributed by atoms with Gasteiger partial charge in [-0.05, 0) is 59.4 Å². The van der Waals surface area contributed by atoms with Crippen molar-refractivity contribution in [2.24, 2.45) is 0 Å². The van der Waals surface area contributed by atoms with Crippen LogP contribution in [0.25, 0.3) is 0 Å². The summed E-state index contributed by atoms with van der Waals surface area (Å²) in [5.74, 6) is 0. The second-order valence-electron chi connectivity index (χ2n) is 13.7. The molecule has 0 N–H and O–H groups in total. The van der Waals surface area contributed by atoms with Crippen molar-refractivity contribution in [2.75, 3.05) is 9.80 Å². The van der Waals surface area contributed by atoms with E-state index < -0.39 is 10.8 Å². The molecule has 0 aliphatic carbocycles. The van der Waals surface area contributed by atoms with Crippen LogP contribution < -0.4 is 9.80 Å². The van der Waals surface area contributed by atoms with Crippen molar-refractivity contribution in [1.29, 1.82) is 10.5 Å². The summed E-state index contributed by atoms with van der Waals surface area (Å²) >= 11 is 3.48. The highest BCUT2D eigenvalue weighted by molar-refractivity contribution is 8.00. The van der Waals surface area contributed by atoms with E-state index in [4.69, 9.17) is 0 Å². The van der Waals surface area contributed by atoms with Gasteiger partial charge in [0.2, 0.25) is 0 Å². The predicted octanol–water partition coefficient (Wildman–Crippen LogP) is 11.9. The molecule has 5 aromatic rings. The third kappa shape index (κ3) is 4.68. The lowest BCUT2D eigenvalue weighted by Crippen LogP contribution is -2.30. The van der Waals surface area contributed by atoms with E-state index in [9.17, 15) is 10.5 Å². The van der Waals surface area contributed by atoms with Crippen molar-refractivity contribution in [2.45, 2.75) is 72.0 Å². The van der Waals surface area contributed by atoms with Crippen LogP contribution in [0.3, 0.4) is 0 Å². The molecule has 0 radical (unpaired) electrons. The minimum atomic E-state index is -0.457. The molecule has 0 atom stereocenters. The largest absolute Gasteiger partial charge is 0.308 e. The summed E-state index contributed by atoms with van der Waals surface area (Å²) in [6.07, 6.45) is 0. The van der Waals surface area contributed by atoms with E-state index in [1.165, 1.54) is 0 Å². The van der Waals surface area contributed by atoms with E-state index in [0.29, 0.717) is 16.8 Å². The maximum Gasteiger partial charge on any atom is 0.102 e. The van der Waals surface area contributed by atoms with Crippen LogP contribution in [0.1, 0.15) is 63.8 Å². The average molecular weight is 635 g/mol. The first-order valence-electron chi connectivity index (χ1n) is 15.4. The average Bonchev–Trinajstić information content (AvgIpc) is 3.04. The number of hydrogen-bond acceptors (Lipinski definition) is 6. The van der Waals surface area contributed by atoms with E-state index in [0.717, 1.165) is 59.1 Å². The summed E-state index contributed by atoms with van der Waals surface area (Å²) in [6, 6.07) is 38.8. The number of anilines is 6. The van der Waals surface area contributed by atoms with Gasteiger partial charge in [0.15, 0.2) is 0 Å². The number of fused-ring (bicyclic) bond motifs is 4. The molecule has 0 aromatic heterocycles. The Hall–Kier alpha value is -4.62. The maximum absolute atomic E-state index is 11.3. The first kappa shape index (κ1) is 30.1. The first-order chi connectivity index (χ1) is 22.0. The van der Waals surface area contributed by atoms with Crippen LogP contribution in [-0.2, 0) is 10.8 Å². The zero-order chi connectivity index (χ0) is 32.4. The van der Waals surface area contributed by atoms with Gasteiger partial charge in [0.05, 0.1) is 45.3 Å². The van der Waals surface area contributed by atoms with E-state index in [1.807, 2.05) is 24.3 Å². The van der Waals surface area contributed by atoms with E-state index in [-0.39, 0.29) is 0 Å². The van der Waals surface area contributed by atoms with Crippen LogP contribution in [0.2, 0.25) is 0 Å². The Balaban J connectivity index is 1.70. The Bertz CT molecular complexity index is 1980. The zero-order valence-corrected chi connectivity index (χ0v) is 28.5. The Morgan fingerprint density at radius 2 is 0.739 bits per heavy atom. The molecule has 0 saturated heterocycles. The smallest absolute Gasteiger partial charge is 0.102 e. The quantitative estimate of drug-likeness (QED) is 0.189. The fraction of sp³-hybridized carbons (Fsp3) is 0.200. The minimum absolute atomic E-state index is 0.457. The topological polar surface area (TPSA) is 54.1 Å². The van der Waals surface area contributed by atoms with E-state index in [1.54, 1.807) is 23.5 Å². The number of hydrogen-bond donors (Lipinski definition) is 0. The molecule has 2 aliphatic heterocycles. The molecule has 7 rings (SSSR count). The SMILES string of the molecule is CC(C)(C)c1c(C#N)c(N2c3ccccc3Sc3ccccc32)c(C#N)c(C(C)(C)C)c1N1c2ccccc2Sc2ccccc21. The zero-order valence-electron chi connectivity index (χ0n) is 26.8. The molecular weight excluding hydrogens is 601 g/mol. The van der Waals surface area contributed by atoms with Crippen LogP contribution in [0.5, 0.6) is 0 Å². The summed E-state index contributed by atoms with van der Waals surface area (Å²) in [5, 5.41) is 22.6. The number of nitriles is 2. The second kappa shape index (κ2) is 11.0. The Morgan fingerprint density at radius 3 is 1.02 bits per heavy atom. The monoisotopic (exact) mass is 634 g/mol. The highest BCUT2D eigenvalue weighted by Gasteiger charge is 2.41. The number of para-hydroxylation sites is 4. The van der Waals surface area contributed by atoms with Crippen LogP contribution in [0.15, 0.2) is 117 Å². The third-order valence-electron chi connectivity index (χ3n) is 8.48. The molecular formula is C40H34N4S2. The molecule has 0 amide bonds. The number of benzene rings is 5. The highest BCUT2D eigenvalue weighted by atomic mass is 32.2. The molecule has 0 unspecified atom stereocenters. The van der Waals surface area contributed by atoms with E-state index >= 15 is 0 Å². The van der Waals surface area contributed by atoms with Gasteiger partial charge in [-0.2, -0.15) is 10.5 Å². The van der Waals surface area contributed by atoms with Crippen LogP contribution in [0, 0.1) is 22.7 Å². The van der Waals surface area contributed by atoms with E-state index in [2.05, 4.69) is 136 Å². The van der Waals surface area contributed by atoms with Gasteiger partial charge < -0.3 is 9.80 Å². The van der Waals surface area contributed by atoms with Crippen LogP contribution >= 0.6 is 23.5 Å². The summed E-state index contributed by atoms with van der Waals surface area (Å²) in [6.45, 7) is 13.1. The molecule has 5 aromatic carbocycles. The lowest BCUT2D eigenvalue weighted by molar-refractivity contribution is 0.567. The molecule has 0 fully saturated rings. The fourth-order valence-electron chi connectivity index (χ4n) is 6.74. The maximum atomic E-state index is 11.3. The van der Waals surface area contributed by atoms with Gasteiger partial charge in [0.1, 0.15) is 12.1 Å². The van der Waals surface area contributed by atoms with Crippen molar-refractivity contribution in [3.05, 3.63) is 119 Å². The first-order valence-corrected chi connectivity index (χ1v) is 17.0. The molecule has 0 bridgehead atoms. The lowest BCUT2D eigenvalue weighted by atomic mass is 9.73. The van der Waals surface area contributed by atoms with Crippen molar-refractivity contribution in [3.63, 3.8) is 0 Å². The molecule has 2 heterocycles. The standard InChI is InChI=1S/C40H34N4S2/c1-39(2,3)35-25(23-41)37(43-27-15-7-11-19-31(27)45-32-20-12-8-16-28(32)43)26(24-42)36(40(4,5)6)38(35)44-29-17-9-13-21-33(29)46-34-22-14-10-18-30(34)44/h7-22H,1-6H3.